The molecular formula is C17H15NO2. The van der Waals surface area contributed by atoms with Crippen molar-refractivity contribution >= 4 is 16.9 Å². The van der Waals surface area contributed by atoms with Crippen LogP contribution in [0.2, 0.25) is 0 Å². The molecule has 3 rings (SSSR count). The zero-order valence-corrected chi connectivity index (χ0v) is 11.2. The summed E-state index contributed by atoms with van der Waals surface area (Å²) in [4.78, 5) is 11.2. The van der Waals surface area contributed by atoms with Crippen molar-refractivity contribution in [2.24, 2.45) is 0 Å². The average molecular weight is 265 g/mol. The number of aryl methyl sites for hydroxylation is 1. The van der Waals surface area contributed by atoms with Crippen LogP contribution in [-0.4, -0.2) is 15.6 Å². The third-order valence-electron chi connectivity index (χ3n) is 3.51. The highest BCUT2D eigenvalue weighted by Crippen LogP contribution is 2.20. The molecule has 3 heteroatoms. The molecule has 0 aliphatic carbocycles. The van der Waals surface area contributed by atoms with Gasteiger partial charge in [-0.25, -0.2) is 4.79 Å². The van der Waals surface area contributed by atoms with Crippen LogP contribution in [0.5, 0.6) is 0 Å². The number of hydrogen-bond donors (Lipinski definition) is 1. The number of fused-ring (bicyclic) bond motifs is 1. The Hall–Kier alpha value is -2.55. The summed E-state index contributed by atoms with van der Waals surface area (Å²) in [6.07, 6.45) is 2.00. The van der Waals surface area contributed by atoms with Crippen LogP contribution >= 0.6 is 0 Å². The Bertz CT molecular complexity index is 787. The van der Waals surface area contributed by atoms with Gasteiger partial charge in [0.15, 0.2) is 0 Å². The third-order valence-corrected chi connectivity index (χ3v) is 3.51. The van der Waals surface area contributed by atoms with Crippen LogP contribution in [0.15, 0.2) is 54.7 Å². The number of carboxylic acids is 1. The molecule has 1 heterocycles. The van der Waals surface area contributed by atoms with E-state index in [0.717, 1.165) is 11.1 Å². The highest BCUT2D eigenvalue weighted by molar-refractivity contribution is 5.89. The van der Waals surface area contributed by atoms with Gasteiger partial charge in [0.05, 0.1) is 5.56 Å². The number of benzene rings is 2. The number of aromatic carboxylic acids is 1. The molecule has 100 valence electrons. The SMILES string of the molecule is Cc1ccc2c(ccn2Cc2ccccc2C(=O)O)c1. The van der Waals surface area contributed by atoms with Crippen LogP contribution in [0.25, 0.3) is 10.9 Å². The van der Waals surface area contributed by atoms with Crippen LogP contribution in [-0.2, 0) is 6.54 Å². The van der Waals surface area contributed by atoms with Crippen LogP contribution in [0.1, 0.15) is 21.5 Å². The molecule has 20 heavy (non-hydrogen) atoms. The van der Waals surface area contributed by atoms with E-state index in [2.05, 4.69) is 35.8 Å². The summed E-state index contributed by atoms with van der Waals surface area (Å²) >= 11 is 0. The summed E-state index contributed by atoms with van der Waals surface area (Å²) in [7, 11) is 0. The van der Waals surface area contributed by atoms with Gasteiger partial charge in [-0.3, -0.25) is 0 Å². The summed E-state index contributed by atoms with van der Waals surface area (Å²) < 4.78 is 2.08. The van der Waals surface area contributed by atoms with E-state index in [1.807, 2.05) is 18.3 Å². The zero-order chi connectivity index (χ0) is 14.1. The normalized spacial score (nSPS) is 10.8. The monoisotopic (exact) mass is 265 g/mol. The lowest BCUT2D eigenvalue weighted by Crippen LogP contribution is -2.06. The van der Waals surface area contributed by atoms with Crippen molar-refractivity contribution < 1.29 is 9.90 Å². The van der Waals surface area contributed by atoms with Gasteiger partial charge in [-0.1, -0.05) is 29.8 Å². The molecule has 1 N–H and O–H groups in total. The third kappa shape index (κ3) is 2.18. The summed E-state index contributed by atoms with van der Waals surface area (Å²) in [5.41, 5.74) is 3.52. The van der Waals surface area contributed by atoms with Crippen LogP contribution in [0.3, 0.4) is 0 Å². The van der Waals surface area contributed by atoms with Crippen molar-refractivity contribution in [2.75, 3.05) is 0 Å². The first-order chi connectivity index (χ1) is 9.65. The number of carboxylic acid groups (broad SMARTS) is 1. The Kier molecular flexibility index (Phi) is 3.03. The summed E-state index contributed by atoms with van der Waals surface area (Å²) in [5, 5.41) is 10.4. The van der Waals surface area contributed by atoms with E-state index < -0.39 is 5.97 Å². The lowest BCUT2D eigenvalue weighted by atomic mass is 10.1. The van der Waals surface area contributed by atoms with E-state index in [4.69, 9.17) is 0 Å². The van der Waals surface area contributed by atoms with Crippen molar-refractivity contribution in [2.45, 2.75) is 13.5 Å². The predicted octanol–water partition coefficient (Wildman–Crippen LogP) is 3.70. The smallest absolute Gasteiger partial charge is 0.336 e. The van der Waals surface area contributed by atoms with Crippen LogP contribution in [0.4, 0.5) is 0 Å². The second-order valence-electron chi connectivity index (χ2n) is 4.97. The second kappa shape index (κ2) is 4.85. The molecule has 2 aromatic carbocycles. The highest BCUT2D eigenvalue weighted by Gasteiger charge is 2.10. The summed E-state index contributed by atoms with van der Waals surface area (Å²) in [6, 6.07) is 15.5. The Morgan fingerprint density at radius 3 is 2.75 bits per heavy atom. The molecule has 1 aromatic heterocycles. The molecule has 3 nitrogen and oxygen atoms in total. The lowest BCUT2D eigenvalue weighted by molar-refractivity contribution is 0.0695. The fraction of sp³-hybridized carbons (Fsp3) is 0.118. The van der Waals surface area contributed by atoms with Gasteiger partial charge in [0.1, 0.15) is 0 Å². The van der Waals surface area contributed by atoms with Crippen molar-refractivity contribution in [3.8, 4) is 0 Å². The van der Waals surface area contributed by atoms with Gasteiger partial charge in [-0.15, -0.1) is 0 Å². The molecule has 0 bridgehead atoms. The number of rotatable bonds is 3. The lowest BCUT2D eigenvalue weighted by Gasteiger charge is -2.09. The van der Waals surface area contributed by atoms with Gasteiger partial charge >= 0.3 is 5.97 Å². The van der Waals surface area contributed by atoms with E-state index in [-0.39, 0.29) is 0 Å². The minimum Gasteiger partial charge on any atom is -0.478 e. The number of nitrogens with zero attached hydrogens (tertiary/aromatic N) is 1. The molecule has 0 saturated heterocycles. The molecule has 0 aliphatic rings. The topological polar surface area (TPSA) is 42.2 Å². The van der Waals surface area contributed by atoms with Crippen LogP contribution < -0.4 is 0 Å². The molecule has 0 fully saturated rings. The molecule has 0 unspecified atom stereocenters. The maximum atomic E-state index is 11.2. The number of aromatic nitrogens is 1. The fourth-order valence-electron chi connectivity index (χ4n) is 2.51. The minimum absolute atomic E-state index is 0.362. The second-order valence-corrected chi connectivity index (χ2v) is 4.97. The van der Waals surface area contributed by atoms with E-state index in [1.54, 1.807) is 12.1 Å². The largest absolute Gasteiger partial charge is 0.478 e. The van der Waals surface area contributed by atoms with E-state index in [9.17, 15) is 9.90 Å². The number of carbonyl (C=O) groups is 1. The zero-order valence-electron chi connectivity index (χ0n) is 11.2. The minimum atomic E-state index is -0.882. The summed E-state index contributed by atoms with van der Waals surface area (Å²) in [5.74, 6) is -0.882. The van der Waals surface area contributed by atoms with E-state index in [1.165, 1.54) is 10.9 Å². The van der Waals surface area contributed by atoms with Gasteiger partial charge in [-0.05, 0) is 42.1 Å². The number of hydrogen-bond acceptors (Lipinski definition) is 1. The average Bonchev–Trinajstić information content (AvgIpc) is 2.81. The molecule has 3 aromatic rings. The molecule has 0 radical (unpaired) electrons. The maximum absolute atomic E-state index is 11.2. The van der Waals surface area contributed by atoms with Gasteiger partial charge in [0.25, 0.3) is 0 Å². The van der Waals surface area contributed by atoms with Gasteiger partial charge in [0.2, 0.25) is 0 Å². The molecule has 0 aliphatic heterocycles. The van der Waals surface area contributed by atoms with Gasteiger partial charge in [-0.2, -0.15) is 0 Å². The standard InChI is InChI=1S/C17H15NO2/c1-12-6-7-16-13(10-12)8-9-18(16)11-14-4-2-3-5-15(14)17(19)20/h2-10H,11H2,1H3,(H,19,20). The maximum Gasteiger partial charge on any atom is 0.336 e. The molecule has 0 saturated carbocycles. The van der Waals surface area contributed by atoms with Crippen LogP contribution in [0, 0.1) is 6.92 Å². The molecule has 0 atom stereocenters. The van der Waals surface area contributed by atoms with E-state index >= 15 is 0 Å². The summed E-state index contributed by atoms with van der Waals surface area (Å²) in [6.45, 7) is 2.63. The van der Waals surface area contributed by atoms with Crippen molar-refractivity contribution in [3.63, 3.8) is 0 Å². The molecule has 0 amide bonds. The van der Waals surface area contributed by atoms with Crippen molar-refractivity contribution in [3.05, 3.63) is 71.4 Å². The molecule has 0 spiro atoms. The van der Waals surface area contributed by atoms with Gasteiger partial charge in [0, 0.05) is 18.3 Å². The van der Waals surface area contributed by atoms with Gasteiger partial charge < -0.3 is 9.67 Å². The van der Waals surface area contributed by atoms with Crippen molar-refractivity contribution in [1.82, 2.24) is 4.57 Å². The Morgan fingerprint density at radius 1 is 1.15 bits per heavy atom. The predicted molar refractivity (Wildman–Crippen MR) is 79.2 cm³/mol. The quantitative estimate of drug-likeness (QED) is 0.784. The Morgan fingerprint density at radius 2 is 1.95 bits per heavy atom. The first-order valence-corrected chi connectivity index (χ1v) is 6.52. The fourth-order valence-corrected chi connectivity index (χ4v) is 2.51. The first-order valence-electron chi connectivity index (χ1n) is 6.52. The Balaban J connectivity index is 2.04. The van der Waals surface area contributed by atoms with E-state index in [0.29, 0.717) is 12.1 Å². The Labute approximate surface area is 117 Å². The first kappa shape index (κ1) is 12.5. The highest BCUT2D eigenvalue weighted by atomic mass is 16.4. The van der Waals surface area contributed by atoms with Crippen molar-refractivity contribution in [1.29, 1.82) is 0 Å². The molecular weight excluding hydrogens is 250 g/mol.